The monoisotopic (exact) mass is 325 g/mol. The van der Waals surface area contributed by atoms with Crippen molar-refractivity contribution in [2.45, 2.75) is 38.3 Å². The van der Waals surface area contributed by atoms with Crippen LogP contribution in [0.15, 0.2) is 18.2 Å². The third kappa shape index (κ3) is 2.24. The molecule has 1 saturated carbocycles. The molecule has 2 aromatic heterocycles. The summed E-state index contributed by atoms with van der Waals surface area (Å²) >= 11 is 0. The van der Waals surface area contributed by atoms with Crippen molar-refractivity contribution in [3.63, 3.8) is 0 Å². The Morgan fingerprint density at radius 2 is 2.17 bits per heavy atom. The van der Waals surface area contributed by atoms with Crippen LogP contribution in [0.1, 0.15) is 41.8 Å². The molecule has 1 aliphatic carbocycles. The summed E-state index contributed by atoms with van der Waals surface area (Å²) in [5, 5.41) is 0. The number of hydrogen-bond donors (Lipinski definition) is 1. The molecule has 2 aliphatic rings. The number of para-hydroxylation sites is 1. The summed E-state index contributed by atoms with van der Waals surface area (Å²) < 4.78 is 16.1. The van der Waals surface area contributed by atoms with E-state index in [9.17, 15) is 4.39 Å². The predicted molar refractivity (Wildman–Crippen MR) is 89.1 cm³/mol. The van der Waals surface area contributed by atoms with Crippen molar-refractivity contribution in [3.8, 4) is 0 Å². The van der Waals surface area contributed by atoms with Crippen LogP contribution in [0.4, 0.5) is 4.39 Å². The lowest BCUT2D eigenvalue weighted by Gasteiger charge is -2.25. The molecule has 1 fully saturated rings. The first-order valence-corrected chi connectivity index (χ1v) is 8.59. The molecule has 0 unspecified atom stereocenters. The van der Waals surface area contributed by atoms with Crippen LogP contribution in [-0.4, -0.2) is 31.0 Å². The Bertz CT molecular complexity index is 921. The van der Waals surface area contributed by atoms with E-state index in [1.165, 1.54) is 36.1 Å². The van der Waals surface area contributed by atoms with Gasteiger partial charge in [0.1, 0.15) is 17.2 Å². The molecule has 0 saturated heterocycles. The van der Waals surface area contributed by atoms with Crippen molar-refractivity contribution < 1.29 is 4.39 Å². The normalized spacial score (nSPS) is 18.2. The topological polar surface area (TPSA) is 49.7 Å². The number of imidazole rings is 2. The first-order valence-electron chi connectivity index (χ1n) is 8.59. The Morgan fingerprint density at radius 3 is 2.96 bits per heavy atom. The summed E-state index contributed by atoms with van der Waals surface area (Å²) in [7, 11) is 2.15. The smallest absolute Gasteiger partial charge is 0.151 e. The summed E-state index contributed by atoms with van der Waals surface area (Å²) in [6.07, 6.45) is 3.57. The summed E-state index contributed by atoms with van der Waals surface area (Å²) in [5.41, 5.74) is 3.77. The third-order valence-corrected chi connectivity index (χ3v) is 5.20. The minimum atomic E-state index is -0.269. The number of fused-ring (bicyclic) bond motifs is 2. The first kappa shape index (κ1) is 14.2. The standard InChI is InChI=1S/C18H20FN5/c1-23-15-7-8-24(9-14(15)21-18(23)11-5-6-11)10-16-20-13-4-2-3-12(19)17(13)22-16/h2-4,11H,5-10H2,1H3,(H,20,22). The lowest BCUT2D eigenvalue weighted by Crippen LogP contribution is -2.31. The molecule has 3 heterocycles. The lowest BCUT2D eigenvalue weighted by atomic mass is 10.1. The highest BCUT2D eigenvalue weighted by molar-refractivity contribution is 5.75. The van der Waals surface area contributed by atoms with E-state index in [2.05, 4.69) is 26.5 Å². The molecule has 1 aromatic carbocycles. The quantitative estimate of drug-likeness (QED) is 0.805. The van der Waals surface area contributed by atoms with Crippen molar-refractivity contribution >= 4 is 11.0 Å². The van der Waals surface area contributed by atoms with E-state index in [-0.39, 0.29) is 5.82 Å². The van der Waals surface area contributed by atoms with Crippen molar-refractivity contribution in [3.05, 3.63) is 47.1 Å². The second-order valence-electron chi connectivity index (χ2n) is 6.98. The van der Waals surface area contributed by atoms with E-state index >= 15 is 0 Å². The average molecular weight is 325 g/mol. The Morgan fingerprint density at radius 1 is 1.29 bits per heavy atom. The van der Waals surface area contributed by atoms with Gasteiger partial charge in [0.2, 0.25) is 0 Å². The van der Waals surface area contributed by atoms with E-state index in [1.54, 1.807) is 6.07 Å². The molecule has 0 amide bonds. The molecule has 0 bridgehead atoms. The first-order chi connectivity index (χ1) is 11.7. The number of aromatic nitrogens is 4. The van der Waals surface area contributed by atoms with Crippen molar-refractivity contribution in [1.82, 2.24) is 24.4 Å². The molecule has 1 N–H and O–H groups in total. The fraction of sp³-hybridized carbons (Fsp3) is 0.444. The number of nitrogens with one attached hydrogen (secondary N) is 1. The van der Waals surface area contributed by atoms with E-state index in [0.717, 1.165) is 30.9 Å². The highest BCUT2D eigenvalue weighted by Gasteiger charge is 2.31. The Hall–Kier alpha value is -2.21. The van der Waals surface area contributed by atoms with Gasteiger partial charge >= 0.3 is 0 Å². The maximum atomic E-state index is 13.8. The van der Waals surface area contributed by atoms with Crippen LogP contribution < -0.4 is 0 Å². The van der Waals surface area contributed by atoms with E-state index < -0.39 is 0 Å². The average Bonchev–Trinajstić information content (AvgIpc) is 3.25. The van der Waals surface area contributed by atoms with Crippen molar-refractivity contribution in [2.75, 3.05) is 6.54 Å². The molecule has 5 rings (SSSR count). The summed E-state index contributed by atoms with van der Waals surface area (Å²) in [5.74, 6) is 2.48. The molecule has 1 aliphatic heterocycles. The van der Waals surface area contributed by atoms with Crippen LogP contribution >= 0.6 is 0 Å². The Balaban J connectivity index is 1.38. The van der Waals surface area contributed by atoms with Gasteiger partial charge in [-0.3, -0.25) is 4.90 Å². The minimum absolute atomic E-state index is 0.269. The molecule has 0 atom stereocenters. The maximum absolute atomic E-state index is 13.8. The second kappa shape index (κ2) is 5.14. The number of rotatable bonds is 3. The Labute approximate surface area is 139 Å². The number of aromatic amines is 1. The van der Waals surface area contributed by atoms with Crippen LogP contribution in [0.2, 0.25) is 0 Å². The van der Waals surface area contributed by atoms with Gasteiger partial charge < -0.3 is 9.55 Å². The van der Waals surface area contributed by atoms with Gasteiger partial charge in [0.15, 0.2) is 5.82 Å². The van der Waals surface area contributed by atoms with E-state index in [1.807, 2.05) is 6.07 Å². The lowest BCUT2D eigenvalue weighted by molar-refractivity contribution is 0.235. The molecule has 3 aromatic rings. The summed E-state index contributed by atoms with van der Waals surface area (Å²) in [4.78, 5) is 14.9. The van der Waals surface area contributed by atoms with Gasteiger partial charge in [-0.15, -0.1) is 0 Å². The van der Waals surface area contributed by atoms with Crippen LogP contribution in [0.3, 0.4) is 0 Å². The largest absolute Gasteiger partial charge is 0.341 e. The third-order valence-electron chi connectivity index (χ3n) is 5.20. The SMILES string of the molecule is Cn1c(C2CC2)nc2c1CCN(Cc1nc3c(F)cccc3[nH]1)C2. The molecule has 0 spiro atoms. The van der Waals surface area contributed by atoms with Crippen LogP contribution in [0.5, 0.6) is 0 Å². The highest BCUT2D eigenvalue weighted by Crippen LogP contribution is 2.40. The zero-order valence-corrected chi connectivity index (χ0v) is 13.7. The van der Waals surface area contributed by atoms with Gasteiger partial charge in [0, 0.05) is 38.2 Å². The van der Waals surface area contributed by atoms with Crippen LogP contribution in [-0.2, 0) is 26.6 Å². The van der Waals surface area contributed by atoms with E-state index in [0.29, 0.717) is 18.0 Å². The number of halogens is 1. The van der Waals surface area contributed by atoms with Crippen molar-refractivity contribution in [1.29, 1.82) is 0 Å². The second-order valence-corrected chi connectivity index (χ2v) is 6.98. The van der Waals surface area contributed by atoms with Gasteiger partial charge in [-0.25, -0.2) is 14.4 Å². The summed E-state index contributed by atoms with van der Waals surface area (Å²) in [6, 6.07) is 5.03. The van der Waals surface area contributed by atoms with Gasteiger partial charge in [0.25, 0.3) is 0 Å². The molecule has 5 nitrogen and oxygen atoms in total. The van der Waals surface area contributed by atoms with Crippen LogP contribution in [0.25, 0.3) is 11.0 Å². The summed E-state index contributed by atoms with van der Waals surface area (Å²) in [6.45, 7) is 2.52. The fourth-order valence-electron chi connectivity index (χ4n) is 3.78. The minimum Gasteiger partial charge on any atom is -0.341 e. The zero-order valence-electron chi connectivity index (χ0n) is 13.7. The predicted octanol–water partition coefficient (Wildman–Crippen LogP) is 2.87. The Kier molecular flexibility index (Phi) is 3.03. The van der Waals surface area contributed by atoms with Gasteiger partial charge in [0.05, 0.1) is 17.8 Å². The number of nitrogens with zero attached hydrogens (tertiary/aromatic N) is 4. The van der Waals surface area contributed by atoms with Gasteiger partial charge in [-0.05, 0) is 25.0 Å². The zero-order chi connectivity index (χ0) is 16.3. The van der Waals surface area contributed by atoms with Crippen molar-refractivity contribution in [2.24, 2.45) is 7.05 Å². The molecule has 124 valence electrons. The van der Waals surface area contributed by atoms with E-state index in [4.69, 9.17) is 4.98 Å². The highest BCUT2D eigenvalue weighted by atomic mass is 19.1. The molecular weight excluding hydrogens is 305 g/mol. The fourth-order valence-corrected chi connectivity index (χ4v) is 3.78. The maximum Gasteiger partial charge on any atom is 0.151 e. The number of H-pyrrole nitrogens is 1. The van der Waals surface area contributed by atoms with Gasteiger partial charge in [-0.2, -0.15) is 0 Å². The van der Waals surface area contributed by atoms with Crippen LogP contribution in [0, 0.1) is 5.82 Å². The molecule has 0 radical (unpaired) electrons. The molecule has 24 heavy (non-hydrogen) atoms. The number of benzene rings is 1. The molecule has 6 heteroatoms. The van der Waals surface area contributed by atoms with Gasteiger partial charge in [-0.1, -0.05) is 6.07 Å². The number of hydrogen-bond acceptors (Lipinski definition) is 3. The molecular formula is C18H20FN5.